The van der Waals surface area contributed by atoms with E-state index >= 15 is 0 Å². The topological polar surface area (TPSA) is 63.0 Å². The molecule has 18 heavy (non-hydrogen) atoms. The van der Waals surface area contributed by atoms with Crippen molar-refractivity contribution >= 4 is 5.97 Å². The second kappa shape index (κ2) is 5.49. The minimum Gasteiger partial charge on any atom is -0.466 e. The molecule has 96 valence electrons. The average molecular weight is 258 g/mol. The lowest BCUT2D eigenvalue weighted by molar-refractivity contribution is -0.143. The lowest BCUT2D eigenvalue weighted by Crippen LogP contribution is -2.16. The predicted octanol–water partition coefficient (Wildman–Crippen LogP) is 2.08. The molecule has 0 bridgehead atoms. The number of pyridine rings is 1. The van der Waals surface area contributed by atoms with E-state index in [1.165, 1.54) is 0 Å². The Morgan fingerprint density at radius 1 is 1.50 bits per heavy atom. The van der Waals surface area contributed by atoms with Crippen LogP contribution in [0.2, 0.25) is 0 Å². The maximum absolute atomic E-state index is 12.6. The Morgan fingerprint density at radius 3 is 2.67 bits per heavy atom. The smallest absolute Gasteiger partial charge is 0.418 e. The van der Waals surface area contributed by atoms with Gasteiger partial charge in [0.15, 0.2) is 0 Å². The number of alkyl halides is 3. The minimum absolute atomic E-state index is 0.0676. The molecule has 0 aliphatic carbocycles. The average Bonchev–Trinajstić information content (AvgIpc) is 2.27. The van der Waals surface area contributed by atoms with Crippen LogP contribution in [-0.2, 0) is 22.1 Å². The van der Waals surface area contributed by atoms with E-state index in [9.17, 15) is 18.0 Å². The third kappa shape index (κ3) is 3.45. The van der Waals surface area contributed by atoms with Crippen LogP contribution in [0.3, 0.4) is 0 Å². The van der Waals surface area contributed by atoms with Crippen LogP contribution < -0.4 is 0 Å². The first-order valence-electron chi connectivity index (χ1n) is 5.01. The van der Waals surface area contributed by atoms with Gasteiger partial charge in [0.1, 0.15) is 11.8 Å². The van der Waals surface area contributed by atoms with E-state index in [4.69, 9.17) is 5.26 Å². The van der Waals surface area contributed by atoms with E-state index in [2.05, 4.69) is 9.72 Å². The molecule has 0 unspecified atom stereocenters. The molecule has 1 heterocycles. The molecule has 0 N–H and O–H groups in total. The first-order valence-corrected chi connectivity index (χ1v) is 5.01. The number of halogens is 3. The number of hydrogen-bond acceptors (Lipinski definition) is 4. The van der Waals surface area contributed by atoms with Crippen LogP contribution in [0.4, 0.5) is 13.2 Å². The Hall–Kier alpha value is -2.10. The molecule has 4 nitrogen and oxygen atoms in total. The summed E-state index contributed by atoms with van der Waals surface area (Å²) < 4.78 is 42.5. The molecule has 1 aromatic heterocycles. The van der Waals surface area contributed by atoms with E-state index < -0.39 is 29.8 Å². The molecule has 0 aliphatic heterocycles. The van der Waals surface area contributed by atoms with E-state index in [1.54, 1.807) is 13.0 Å². The highest BCUT2D eigenvalue weighted by Crippen LogP contribution is 2.31. The summed E-state index contributed by atoms with van der Waals surface area (Å²) in [5.74, 6) is -0.814. The van der Waals surface area contributed by atoms with Crippen LogP contribution in [0.5, 0.6) is 0 Å². The largest absolute Gasteiger partial charge is 0.466 e. The molecule has 0 radical (unpaired) electrons. The molecule has 1 rings (SSSR count). The number of nitriles is 1. The van der Waals surface area contributed by atoms with Crippen LogP contribution in [0, 0.1) is 11.3 Å². The van der Waals surface area contributed by atoms with Crippen molar-refractivity contribution < 1.29 is 22.7 Å². The first-order chi connectivity index (χ1) is 8.38. The number of esters is 1. The number of carbonyl (C=O) groups excluding carboxylic acids is 1. The van der Waals surface area contributed by atoms with Gasteiger partial charge in [0.25, 0.3) is 0 Å². The van der Waals surface area contributed by atoms with E-state index in [0.29, 0.717) is 0 Å². The molecule has 0 atom stereocenters. The Labute approximate surface area is 101 Å². The van der Waals surface area contributed by atoms with Crippen molar-refractivity contribution in [2.24, 2.45) is 0 Å². The van der Waals surface area contributed by atoms with Crippen molar-refractivity contribution in [1.29, 1.82) is 5.26 Å². The number of aromatic nitrogens is 1. The number of nitrogens with zero attached hydrogens (tertiary/aromatic N) is 2. The van der Waals surface area contributed by atoms with Gasteiger partial charge in [-0.05, 0) is 19.1 Å². The molecule has 0 saturated carbocycles. The van der Waals surface area contributed by atoms with Gasteiger partial charge in [0, 0.05) is 0 Å². The molecular weight excluding hydrogens is 249 g/mol. The zero-order valence-electron chi connectivity index (χ0n) is 9.41. The van der Waals surface area contributed by atoms with E-state index in [-0.39, 0.29) is 12.3 Å². The Kier molecular flexibility index (Phi) is 4.26. The second-order valence-electron chi connectivity index (χ2n) is 3.28. The van der Waals surface area contributed by atoms with Gasteiger partial charge in [0.2, 0.25) is 0 Å². The zero-order chi connectivity index (χ0) is 13.8. The predicted molar refractivity (Wildman–Crippen MR) is 54.3 cm³/mol. The minimum atomic E-state index is -4.62. The van der Waals surface area contributed by atoms with Gasteiger partial charge < -0.3 is 4.74 Å². The molecule has 0 fully saturated rings. The fourth-order valence-electron chi connectivity index (χ4n) is 1.31. The van der Waals surface area contributed by atoms with Crippen molar-refractivity contribution in [1.82, 2.24) is 4.98 Å². The number of rotatable bonds is 3. The maximum atomic E-state index is 12.6. The van der Waals surface area contributed by atoms with Crippen molar-refractivity contribution in [3.05, 3.63) is 29.1 Å². The van der Waals surface area contributed by atoms with Crippen LogP contribution >= 0.6 is 0 Å². The quantitative estimate of drug-likeness (QED) is 0.778. The number of hydrogen-bond donors (Lipinski definition) is 0. The fraction of sp³-hybridized carbons (Fsp3) is 0.364. The standard InChI is InChI=1S/C11H9F3N2O2/c1-2-18-10(17)5-9-8(11(12,13)14)4-3-7(6-15)16-9/h3-4H,2,5H2,1H3. The van der Waals surface area contributed by atoms with Gasteiger partial charge in [0.05, 0.1) is 24.3 Å². The van der Waals surface area contributed by atoms with Gasteiger partial charge in [-0.3, -0.25) is 4.79 Å². The van der Waals surface area contributed by atoms with Gasteiger partial charge in [-0.1, -0.05) is 0 Å². The summed E-state index contributed by atoms with van der Waals surface area (Å²) in [5, 5.41) is 8.58. The molecule has 0 spiro atoms. The Balaban J connectivity index is 3.13. The Morgan fingerprint density at radius 2 is 2.17 bits per heavy atom. The first kappa shape index (κ1) is 14.0. The van der Waals surface area contributed by atoms with Crippen molar-refractivity contribution in [2.45, 2.75) is 19.5 Å². The summed E-state index contributed by atoms with van der Waals surface area (Å²) in [6.07, 6.45) is -5.24. The number of ether oxygens (including phenoxy) is 1. The lowest BCUT2D eigenvalue weighted by Gasteiger charge is -2.11. The van der Waals surface area contributed by atoms with Gasteiger partial charge >= 0.3 is 12.1 Å². The van der Waals surface area contributed by atoms with Crippen molar-refractivity contribution in [3.63, 3.8) is 0 Å². The van der Waals surface area contributed by atoms with Crippen LogP contribution in [0.1, 0.15) is 23.9 Å². The monoisotopic (exact) mass is 258 g/mol. The maximum Gasteiger partial charge on any atom is 0.418 e. The molecule has 0 aromatic carbocycles. The summed E-state index contributed by atoms with van der Waals surface area (Å²) in [7, 11) is 0. The molecule has 1 aromatic rings. The SMILES string of the molecule is CCOC(=O)Cc1nc(C#N)ccc1C(F)(F)F. The summed E-state index contributed by atoms with van der Waals surface area (Å²) in [6, 6.07) is 3.31. The highest BCUT2D eigenvalue weighted by Gasteiger charge is 2.34. The van der Waals surface area contributed by atoms with Crippen LogP contribution in [-0.4, -0.2) is 17.6 Å². The fourth-order valence-corrected chi connectivity index (χ4v) is 1.31. The number of carbonyl (C=O) groups is 1. The molecule has 0 aliphatic rings. The van der Waals surface area contributed by atoms with E-state index in [0.717, 1.165) is 12.1 Å². The normalized spacial score (nSPS) is 10.8. The third-order valence-corrected chi connectivity index (χ3v) is 2.01. The molecule has 7 heteroatoms. The lowest BCUT2D eigenvalue weighted by atomic mass is 10.1. The summed E-state index contributed by atoms with van der Waals surface area (Å²) in [4.78, 5) is 14.7. The summed E-state index contributed by atoms with van der Waals surface area (Å²) in [6.45, 7) is 1.61. The third-order valence-electron chi connectivity index (χ3n) is 2.01. The van der Waals surface area contributed by atoms with E-state index in [1.807, 2.05) is 0 Å². The van der Waals surface area contributed by atoms with Gasteiger partial charge in [-0.25, -0.2) is 4.98 Å². The van der Waals surface area contributed by atoms with Gasteiger partial charge in [-0.2, -0.15) is 18.4 Å². The molecule has 0 saturated heterocycles. The van der Waals surface area contributed by atoms with Crippen molar-refractivity contribution in [3.8, 4) is 6.07 Å². The Bertz CT molecular complexity index is 492. The zero-order valence-corrected chi connectivity index (χ0v) is 9.41. The highest BCUT2D eigenvalue weighted by atomic mass is 19.4. The van der Waals surface area contributed by atoms with Crippen LogP contribution in [0.15, 0.2) is 12.1 Å². The van der Waals surface area contributed by atoms with Crippen molar-refractivity contribution in [2.75, 3.05) is 6.61 Å². The summed E-state index contributed by atoms with van der Waals surface area (Å²) in [5.41, 5.74) is -1.71. The molecule has 0 amide bonds. The molecular formula is C11H9F3N2O2. The van der Waals surface area contributed by atoms with Crippen LogP contribution in [0.25, 0.3) is 0 Å². The second-order valence-corrected chi connectivity index (χ2v) is 3.28. The summed E-state index contributed by atoms with van der Waals surface area (Å²) >= 11 is 0. The highest BCUT2D eigenvalue weighted by molar-refractivity contribution is 5.72. The van der Waals surface area contributed by atoms with Gasteiger partial charge in [-0.15, -0.1) is 0 Å².